The molecular weight excluding hydrogens is 178 g/mol. The number of carbonyl (C=O) groups excluding carboxylic acids is 1. The molecule has 1 aliphatic heterocycles. The van der Waals surface area contributed by atoms with E-state index in [4.69, 9.17) is 0 Å². The van der Waals surface area contributed by atoms with Crippen molar-refractivity contribution in [2.24, 2.45) is 0 Å². The van der Waals surface area contributed by atoms with Crippen molar-refractivity contribution in [2.75, 3.05) is 40.3 Å². The van der Waals surface area contributed by atoms with Crippen LogP contribution in [-0.2, 0) is 4.79 Å². The van der Waals surface area contributed by atoms with Gasteiger partial charge in [-0.15, -0.1) is 0 Å². The quantitative estimate of drug-likeness (QED) is 0.681. The standard InChI is InChI=1S/C10H21N3O/c1-9(12(2)3)8-10(14)13-6-4-11-5-7-13/h9,11H,4-8H2,1-3H3. The third kappa shape index (κ3) is 3.27. The second-order valence-electron chi connectivity index (χ2n) is 4.15. The molecule has 0 radical (unpaired) electrons. The smallest absolute Gasteiger partial charge is 0.224 e. The highest BCUT2D eigenvalue weighted by Crippen LogP contribution is 2.03. The predicted molar refractivity (Wildman–Crippen MR) is 57.2 cm³/mol. The zero-order valence-corrected chi connectivity index (χ0v) is 9.42. The second-order valence-corrected chi connectivity index (χ2v) is 4.15. The molecule has 1 amide bonds. The number of hydrogen-bond donors (Lipinski definition) is 1. The van der Waals surface area contributed by atoms with E-state index in [2.05, 4.69) is 17.1 Å². The number of hydrogen-bond acceptors (Lipinski definition) is 3. The fraction of sp³-hybridized carbons (Fsp3) is 0.900. The number of amides is 1. The molecule has 0 aromatic heterocycles. The van der Waals surface area contributed by atoms with Gasteiger partial charge in [0.05, 0.1) is 0 Å². The van der Waals surface area contributed by atoms with Crippen molar-refractivity contribution in [3.63, 3.8) is 0 Å². The first-order valence-electron chi connectivity index (χ1n) is 5.26. The molecule has 1 fully saturated rings. The van der Waals surface area contributed by atoms with Crippen molar-refractivity contribution in [2.45, 2.75) is 19.4 Å². The van der Waals surface area contributed by atoms with Gasteiger partial charge in [0.2, 0.25) is 5.91 Å². The molecule has 1 rings (SSSR count). The highest BCUT2D eigenvalue weighted by atomic mass is 16.2. The molecule has 82 valence electrons. The van der Waals surface area contributed by atoms with Crippen LogP contribution in [0.5, 0.6) is 0 Å². The normalized spacial score (nSPS) is 19.9. The van der Waals surface area contributed by atoms with E-state index in [1.54, 1.807) is 0 Å². The van der Waals surface area contributed by atoms with Crippen LogP contribution in [0.15, 0.2) is 0 Å². The molecule has 4 nitrogen and oxygen atoms in total. The zero-order chi connectivity index (χ0) is 10.6. The van der Waals surface area contributed by atoms with Gasteiger partial charge in [0.1, 0.15) is 0 Å². The highest BCUT2D eigenvalue weighted by Gasteiger charge is 2.18. The molecule has 1 saturated heterocycles. The van der Waals surface area contributed by atoms with Crippen molar-refractivity contribution in [1.82, 2.24) is 15.1 Å². The van der Waals surface area contributed by atoms with Gasteiger partial charge in [0, 0.05) is 38.6 Å². The summed E-state index contributed by atoms with van der Waals surface area (Å²) >= 11 is 0. The lowest BCUT2D eigenvalue weighted by molar-refractivity contribution is -0.132. The maximum Gasteiger partial charge on any atom is 0.224 e. The molecule has 14 heavy (non-hydrogen) atoms. The number of rotatable bonds is 3. The molecular formula is C10H21N3O. The molecule has 0 aromatic rings. The Morgan fingerprint density at radius 2 is 2.00 bits per heavy atom. The summed E-state index contributed by atoms with van der Waals surface area (Å²) in [6, 6.07) is 0.331. The molecule has 1 unspecified atom stereocenters. The lowest BCUT2D eigenvalue weighted by Crippen LogP contribution is -2.47. The third-order valence-electron chi connectivity index (χ3n) is 2.82. The molecule has 1 aliphatic rings. The number of nitrogens with one attached hydrogen (secondary N) is 1. The summed E-state index contributed by atoms with van der Waals surface area (Å²) < 4.78 is 0. The van der Waals surface area contributed by atoms with Gasteiger partial charge in [-0.3, -0.25) is 4.79 Å². The van der Waals surface area contributed by atoms with E-state index in [0.717, 1.165) is 26.2 Å². The lowest BCUT2D eigenvalue weighted by atomic mass is 10.2. The van der Waals surface area contributed by atoms with Gasteiger partial charge in [0.15, 0.2) is 0 Å². The van der Waals surface area contributed by atoms with Crippen molar-refractivity contribution in [1.29, 1.82) is 0 Å². The Kier molecular flexibility index (Phi) is 4.35. The Bertz CT molecular complexity index is 188. The van der Waals surface area contributed by atoms with Crippen LogP contribution in [0.1, 0.15) is 13.3 Å². The van der Waals surface area contributed by atoms with E-state index in [0.29, 0.717) is 12.5 Å². The van der Waals surface area contributed by atoms with Gasteiger partial charge in [-0.1, -0.05) is 0 Å². The van der Waals surface area contributed by atoms with Gasteiger partial charge < -0.3 is 15.1 Å². The van der Waals surface area contributed by atoms with E-state index >= 15 is 0 Å². The molecule has 1 heterocycles. The number of piperazine rings is 1. The Labute approximate surface area is 86.2 Å². The van der Waals surface area contributed by atoms with E-state index in [9.17, 15) is 4.79 Å². The maximum atomic E-state index is 11.8. The first-order valence-corrected chi connectivity index (χ1v) is 5.26. The van der Waals surface area contributed by atoms with E-state index in [1.165, 1.54) is 0 Å². The van der Waals surface area contributed by atoms with Gasteiger partial charge in [-0.25, -0.2) is 0 Å². The molecule has 1 N–H and O–H groups in total. The first kappa shape index (κ1) is 11.5. The zero-order valence-electron chi connectivity index (χ0n) is 9.42. The third-order valence-corrected chi connectivity index (χ3v) is 2.82. The Morgan fingerprint density at radius 3 is 2.50 bits per heavy atom. The number of nitrogens with zero attached hydrogens (tertiary/aromatic N) is 2. The molecule has 0 saturated carbocycles. The molecule has 1 atom stereocenters. The SMILES string of the molecule is CC(CC(=O)N1CCNCC1)N(C)C. The average Bonchev–Trinajstić information content (AvgIpc) is 2.19. The van der Waals surface area contributed by atoms with Gasteiger partial charge in [-0.05, 0) is 21.0 Å². The summed E-state index contributed by atoms with van der Waals surface area (Å²) in [4.78, 5) is 15.8. The Morgan fingerprint density at radius 1 is 1.43 bits per heavy atom. The van der Waals surface area contributed by atoms with Gasteiger partial charge >= 0.3 is 0 Å². The van der Waals surface area contributed by atoms with Crippen LogP contribution in [-0.4, -0.2) is 62.0 Å². The Hall–Kier alpha value is -0.610. The topological polar surface area (TPSA) is 35.6 Å². The van der Waals surface area contributed by atoms with E-state index in [-0.39, 0.29) is 5.91 Å². The Balaban J connectivity index is 2.33. The summed E-state index contributed by atoms with van der Waals surface area (Å²) in [7, 11) is 4.02. The van der Waals surface area contributed by atoms with Crippen LogP contribution >= 0.6 is 0 Å². The minimum Gasteiger partial charge on any atom is -0.340 e. The van der Waals surface area contributed by atoms with Crippen LogP contribution in [0, 0.1) is 0 Å². The van der Waals surface area contributed by atoms with E-state index in [1.807, 2.05) is 19.0 Å². The van der Waals surface area contributed by atoms with Gasteiger partial charge in [0.25, 0.3) is 0 Å². The molecule has 0 aromatic carbocycles. The van der Waals surface area contributed by atoms with Crippen LogP contribution in [0.3, 0.4) is 0 Å². The highest BCUT2D eigenvalue weighted by molar-refractivity contribution is 5.76. The maximum absolute atomic E-state index is 11.8. The molecule has 4 heteroatoms. The minimum atomic E-state index is 0.285. The number of carbonyl (C=O) groups is 1. The average molecular weight is 199 g/mol. The predicted octanol–water partition coefficient (Wildman–Crippen LogP) is -0.242. The summed E-state index contributed by atoms with van der Waals surface area (Å²) in [6.45, 7) is 5.67. The van der Waals surface area contributed by atoms with Crippen LogP contribution < -0.4 is 5.32 Å². The lowest BCUT2D eigenvalue weighted by Gasteiger charge is -2.29. The fourth-order valence-corrected chi connectivity index (χ4v) is 1.48. The largest absolute Gasteiger partial charge is 0.340 e. The van der Waals surface area contributed by atoms with Crippen LogP contribution in [0.4, 0.5) is 0 Å². The minimum absolute atomic E-state index is 0.285. The van der Waals surface area contributed by atoms with Crippen molar-refractivity contribution in [3.05, 3.63) is 0 Å². The van der Waals surface area contributed by atoms with Gasteiger partial charge in [-0.2, -0.15) is 0 Å². The first-order chi connectivity index (χ1) is 6.61. The fourth-order valence-electron chi connectivity index (χ4n) is 1.48. The van der Waals surface area contributed by atoms with Crippen molar-refractivity contribution in [3.8, 4) is 0 Å². The second kappa shape index (κ2) is 5.32. The van der Waals surface area contributed by atoms with E-state index < -0.39 is 0 Å². The molecule has 0 bridgehead atoms. The summed E-state index contributed by atoms with van der Waals surface area (Å²) in [5, 5.41) is 3.24. The van der Waals surface area contributed by atoms with Crippen molar-refractivity contribution < 1.29 is 4.79 Å². The summed E-state index contributed by atoms with van der Waals surface area (Å²) in [5.74, 6) is 0.285. The van der Waals surface area contributed by atoms with Crippen molar-refractivity contribution >= 4 is 5.91 Å². The molecule has 0 aliphatic carbocycles. The monoisotopic (exact) mass is 199 g/mol. The summed E-state index contributed by atoms with van der Waals surface area (Å²) in [6.07, 6.45) is 0.632. The van der Waals surface area contributed by atoms with Crippen LogP contribution in [0.25, 0.3) is 0 Å². The summed E-state index contributed by atoms with van der Waals surface area (Å²) in [5.41, 5.74) is 0. The van der Waals surface area contributed by atoms with Crippen LogP contribution in [0.2, 0.25) is 0 Å². The molecule has 0 spiro atoms.